The van der Waals surface area contributed by atoms with Crippen molar-refractivity contribution in [2.24, 2.45) is 0 Å². The Morgan fingerprint density at radius 1 is 1.09 bits per heavy atom. The molecule has 0 spiro atoms. The summed E-state index contributed by atoms with van der Waals surface area (Å²) in [5.74, 6) is -0.806. The number of amides is 1. The van der Waals surface area contributed by atoms with E-state index in [1.54, 1.807) is 18.3 Å². The van der Waals surface area contributed by atoms with Crippen LogP contribution in [-0.4, -0.2) is 41.4 Å². The van der Waals surface area contributed by atoms with E-state index in [0.29, 0.717) is 16.5 Å². The van der Waals surface area contributed by atoms with Crippen LogP contribution in [0.5, 0.6) is 11.5 Å². The Kier molecular flexibility index (Phi) is 10.4. The van der Waals surface area contributed by atoms with Crippen molar-refractivity contribution >= 4 is 52.5 Å². The molecule has 168 valence electrons. The summed E-state index contributed by atoms with van der Waals surface area (Å²) < 4.78 is 11.3. The summed E-state index contributed by atoms with van der Waals surface area (Å²) in [5.41, 5.74) is 0.153. The van der Waals surface area contributed by atoms with Gasteiger partial charge in [0.25, 0.3) is 5.91 Å². The van der Waals surface area contributed by atoms with E-state index in [2.05, 4.69) is 10.3 Å². The van der Waals surface area contributed by atoms with E-state index >= 15 is 0 Å². The summed E-state index contributed by atoms with van der Waals surface area (Å²) >= 11 is 13.4. The second-order valence-electron chi connectivity index (χ2n) is 6.30. The van der Waals surface area contributed by atoms with Crippen molar-refractivity contribution in [2.45, 2.75) is 5.03 Å². The van der Waals surface area contributed by atoms with Crippen molar-refractivity contribution in [3.05, 3.63) is 75.9 Å². The number of benzene rings is 2. The van der Waals surface area contributed by atoms with Gasteiger partial charge in [-0.15, -0.1) is 11.8 Å². The first-order valence-electron chi connectivity index (χ1n) is 9.27. The third kappa shape index (κ3) is 7.32. The zero-order valence-corrected chi connectivity index (χ0v) is 20.1. The van der Waals surface area contributed by atoms with E-state index in [0.717, 1.165) is 5.03 Å². The molecule has 0 radical (unpaired) electrons. The van der Waals surface area contributed by atoms with Gasteiger partial charge in [0.15, 0.2) is 5.75 Å². The predicted octanol–water partition coefficient (Wildman–Crippen LogP) is 2.64. The number of nitrogens with one attached hydrogen (secondary N) is 1. The van der Waals surface area contributed by atoms with Crippen LogP contribution >= 0.6 is 35.0 Å². The monoisotopic (exact) mass is 500 g/mol. The Morgan fingerprint density at radius 2 is 1.85 bits per heavy atom. The third-order valence-corrected chi connectivity index (χ3v) is 5.43. The van der Waals surface area contributed by atoms with Crippen molar-refractivity contribution in [1.82, 2.24) is 4.98 Å². The van der Waals surface area contributed by atoms with Crippen LogP contribution in [0.1, 0.15) is 22.1 Å². The second kappa shape index (κ2) is 12.8. The molecule has 0 saturated heterocycles. The number of carboxylic acid groups (broad SMARTS) is 1. The van der Waals surface area contributed by atoms with Gasteiger partial charge in [-0.25, -0.2) is 9.78 Å². The zero-order valence-electron chi connectivity index (χ0n) is 18.8. The second-order valence-corrected chi connectivity index (χ2v) is 7.94. The maximum Gasteiger partial charge on any atom is 1.00 e. The summed E-state index contributed by atoms with van der Waals surface area (Å²) in [6, 6.07) is 12.3. The smallest absolute Gasteiger partial charge is 1.00 e. The molecule has 0 saturated carbocycles. The number of carbonyl (C=O) groups is 2. The Morgan fingerprint density at radius 3 is 2.55 bits per heavy atom. The summed E-state index contributed by atoms with van der Waals surface area (Å²) in [7, 11) is 0. The number of aromatic nitrogens is 1. The Bertz CT molecular complexity index is 1160. The molecular formula is C22H19Cl2LiN2O5S. The molecule has 0 unspecified atom stereocenters. The minimum atomic E-state index is -1.22. The van der Waals surface area contributed by atoms with E-state index in [1.807, 2.05) is 12.3 Å². The molecule has 1 aromatic heterocycles. The van der Waals surface area contributed by atoms with E-state index < -0.39 is 11.9 Å². The van der Waals surface area contributed by atoms with Crippen molar-refractivity contribution in [2.75, 3.05) is 24.8 Å². The number of hydrogen-bond donors (Lipinski definition) is 2. The average molecular weight is 501 g/mol. The van der Waals surface area contributed by atoms with E-state index in [4.69, 9.17) is 32.7 Å². The summed E-state index contributed by atoms with van der Waals surface area (Å²) in [5, 5.41) is 13.4. The van der Waals surface area contributed by atoms with Crippen LogP contribution in [0.4, 0.5) is 5.69 Å². The van der Waals surface area contributed by atoms with Crippen LogP contribution in [0, 0.1) is 0 Å². The number of ether oxygens (including phenoxy) is 2. The van der Waals surface area contributed by atoms with Gasteiger partial charge in [0.1, 0.15) is 24.0 Å². The minimum Gasteiger partial charge on any atom is -1.00 e. The van der Waals surface area contributed by atoms with Gasteiger partial charge < -0.3 is 21.3 Å². The Hall–Kier alpha value is -2.34. The van der Waals surface area contributed by atoms with Crippen molar-refractivity contribution < 1.29 is 44.5 Å². The molecule has 7 nitrogen and oxygen atoms in total. The number of rotatable bonds is 9. The van der Waals surface area contributed by atoms with Gasteiger partial charge >= 0.3 is 24.8 Å². The zero-order chi connectivity index (χ0) is 23.1. The van der Waals surface area contributed by atoms with Gasteiger partial charge in [0.2, 0.25) is 0 Å². The van der Waals surface area contributed by atoms with Crippen molar-refractivity contribution in [1.29, 1.82) is 0 Å². The summed E-state index contributed by atoms with van der Waals surface area (Å²) in [6.07, 6.45) is 3.59. The predicted molar refractivity (Wildman–Crippen MR) is 126 cm³/mol. The molecule has 0 fully saturated rings. The SMILES string of the molecule is CSc1ncccc1OCCOc1ccc(NC(=O)c2ccc(Cl)cc2Cl)c(C(=O)O)c1.[H-].[Li+]. The number of anilines is 1. The molecule has 0 atom stereocenters. The topological polar surface area (TPSA) is 97.8 Å². The largest absolute Gasteiger partial charge is 1.00 e. The quantitative estimate of drug-likeness (QED) is 0.264. The fourth-order valence-corrected chi connectivity index (χ4v) is 3.70. The van der Waals surface area contributed by atoms with Crippen LogP contribution in [0.3, 0.4) is 0 Å². The molecule has 0 bridgehead atoms. The molecule has 11 heteroatoms. The fraction of sp³-hybridized carbons (Fsp3) is 0.136. The van der Waals surface area contributed by atoms with Crippen LogP contribution in [0.2, 0.25) is 10.0 Å². The van der Waals surface area contributed by atoms with Gasteiger partial charge in [0, 0.05) is 11.2 Å². The number of nitrogens with zero attached hydrogens (tertiary/aromatic N) is 1. The molecule has 2 aromatic carbocycles. The molecule has 1 amide bonds. The fourth-order valence-electron chi connectivity index (χ4n) is 2.71. The molecule has 3 aromatic rings. The van der Waals surface area contributed by atoms with Crippen LogP contribution in [-0.2, 0) is 0 Å². The average Bonchev–Trinajstić information content (AvgIpc) is 2.77. The van der Waals surface area contributed by atoms with Crippen LogP contribution in [0.25, 0.3) is 0 Å². The first-order chi connectivity index (χ1) is 15.4. The Labute approximate surface area is 218 Å². The normalized spacial score (nSPS) is 10.2. The van der Waals surface area contributed by atoms with Crippen LogP contribution in [0.15, 0.2) is 59.8 Å². The van der Waals surface area contributed by atoms with Gasteiger partial charge in [-0.1, -0.05) is 23.2 Å². The van der Waals surface area contributed by atoms with Gasteiger partial charge in [-0.3, -0.25) is 4.79 Å². The van der Waals surface area contributed by atoms with Crippen molar-refractivity contribution in [3.8, 4) is 11.5 Å². The molecule has 1 heterocycles. The molecule has 33 heavy (non-hydrogen) atoms. The number of aromatic carboxylic acids is 1. The molecular weight excluding hydrogens is 482 g/mol. The summed E-state index contributed by atoms with van der Waals surface area (Å²) in [4.78, 5) is 28.4. The number of halogens is 2. The van der Waals surface area contributed by atoms with E-state index in [-0.39, 0.29) is 55.3 Å². The maximum atomic E-state index is 12.5. The van der Waals surface area contributed by atoms with Crippen LogP contribution < -0.4 is 33.7 Å². The molecule has 0 aliphatic carbocycles. The van der Waals surface area contributed by atoms with Gasteiger partial charge in [-0.2, -0.15) is 0 Å². The van der Waals surface area contributed by atoms with Gasteiger partial charge in [0.05, 0.1) is 21.8 Å². The third-order valence-electron chi connectivity index (χ3n) is 4.18. The number of pyridine rings is 1. The van der Waals surface area contributed by atoms with Gasteiger partial charge in [-0.05, 0) is 54.8 Å². The number of hydrogen-bond acceptors (Lipinski definition) is 6. The van der Waals surface area contributed by atoms with E-state index in [9.17, 15) is 14.7 Å². The standard InChI is InChI=1S/C22H18Cl2N2O5S.Li.H/c1-32-21-19(3-2-8-25-21)31-10-9-30-14-5-7-18(16(12-14)22(28)29)26-20(27)15-6-4-13(23)11-17(15)24;;/h2-8,11-12H,9-10H2,1H3,(H,26,27)(H,28,29);;/q;+1;-1. The van der Waals surface area contributed by atoms with E-state index in [1.165, 1.54) is 42.1 Å². The first-order valence-corrected chi connectivity index (χ1v) is 11.3. The maximum absolute atomic E-state index is 12.5. The number of thioether (sulfide) groups is 1. The Balaban J connectivity index is 0.00000289. The number of carboxylic acids is 1. The first kappa shape index (κ1) is 26.9. The summed E-state index contributed by atoms with van der Waals surface area (Å²) in [6.45, 7) is 0.434. The molecule has 0 aliphatic rings. The molecule has 0 aliphatic heterocycles. The minimum absolute atomic E-state index is 0. The number of carbonyl (C=O) groups excluding carboxylic acids is 1. The molecule has 3 rings (SSSR count). The van der Waals surface area contributed by atoms with Crippen molar-refractivity contribution in [3.63, 3.8) is 0 Å². The molecule has 2 N–H and O–H groups in total.